The molecule has 0 unspecified atom stereocenters. The molecule has 0 saturated heterocycles. The number of carbonyl (C=O) groups excluding carboxylic acids is 1. The predicted octanol–water partition coefficient (Wildman–Crippen LogP) is 4.08. The van der Waals surface area contributed by atoms with Gasteiger partial charge in [-0.2, -0.15) is 0 Å². The molecule has 0 aliphatic rings. The molecule has 0 spiro atoms. The first-order chi connectivity index (χ1) is 12.5. The molecule has 4 nitrogen and oxygen atoms in total. The van der Waals surface area contributed by atoms with Crippen molar-refractivity contribution in [2.45, 2.75) is 39.6 Å². The second kappa shape index (κ2) is 10.1. The summed E-state index contributed by atoms with van der Waals surface area (Å²) in [5.41, 5.74) is 1.62. The standard InChI is InChI=1S/C22H28O4/c1-16(14-25-15-19-10-6-4-7-11-19)21(23)17(2)18(3)26-22(24)20-12-8-5-9-13-20/h4-13,16-18,21,23H,14-15H2,1-3H3/t16-,17-,18-,21-/m1/s1. The highest BCUT2D eigenvalue weighted by Gasteiger charge is 2.28. The van der Waals surface area contributed by atoms with Crippen molar-refractivity contribution in [2.75, 3.05) is 6.61 Å². The fourth-order valence-corrected chi connectivity index (χ4v) is 2.75. The number of rotatable bonds is 9. The van der Waals surface area contributed by atoms with Crippen molar-refractivity contribution in [3.05, 3.63) is 71.8 Å². The van der Waals surface area contributed by atoms with Gasteiger partial charge >= 0.3 is 5.97 Å². The van der Waals surface area contributed by atoms with Gasteiger partial charge in [0.1, 0.15) is 6.10 Å². The minimum atomic E-state index is -0.621. The molecule has 0 fully saturated rings. The molecule has 4 atom stereocenters. The third-order valence-electron chi connectivity index (χ3n) is 4.66. The Morgan fingerprint density at radius 3 is 2.15 bits per heavy atom. The van der Waals surface area contributed by atoms with E-state index >= 15 is 0 Å². The lowest BCUT2D eigenvalue weighted by molar-refractivity contribution is -0.0405. The number of esters is 1. The average Bonchev–Trinajstić information content (AvgIpc) is 2.68. The highest BCUT2D eigenvalue weighted by Crippen LogP contribution is 2.20. The van der Waals surface area contributed by atoms with Gasteiger partial charge in [0.2, 0.25) is 0 Å². The van der Waals surface area contributed by atoms with Gasteiger partial charge < -0.3 is 14.6 Å². The fraction of sp³-hybridized carbons (Fsp3) is 0.409. The van der Waals surface area contributed by atoms with Gasteiger partial charge in [0.15, 0.2) is 0 Å². The molecule has 2 aromatic carbocycles. The van der Waals surface area contributed by atoms with Crippen LogP contribution in [0.5, 0.6) is 0 Å². The van der Waals surface area contributed by atoms with Crippen molar-refractivity contribution >= 4 is 5.97 Å². The molecule has 2 aromatic rings. The number of hydrogen-bond acceptors (Lipinski definition) is 4. The Morgan fingerprint density at radius 2 is 1.54 bits per heavy atom. The third kappa shape index (κ3) is 5.97. The summed E-state index contributed by atoms with van der Waals surface area (Å²) in [5, 5.41) is 10.6. The number of benzene rings is 2. The maximum Gasteiger partial charge on any atom is 0.338 e. The summed E-state index contributed by atoms with van der Waals surface area (Å²) in [6.45, 7) is 6.61. The SMILES string of the molecule is C[C@@H]([C@H](O)[C@H](C)COCc1ccccc1)[C@@H](C)OC(=O)c1ccccc1. The molecule has 0 heterocycles. The van der Waals surface area contributed by atoms with Crippen molar-refractivity contribution in [3.8, 4) is 0 Å². The van der Waals surface area contributed by atoms with Crippen LogP contribution in [0.1, 0.15) is 36.7 Å². The van der Waals surface area contributed by atoms with Crippen molar-refractivity contribution < 1.29 is 19.4 Å². The number of aliphatic hydroxyl groups is 1. The Balaban J connectivity index is 1.79. The van der Waals surface area contributed by atoms with Crippen molar-refractivity contribution in [2.24, 2.45) is 11.8 Å². The van der Waals surface area contributed by atoms with Crippen LogP contribution in [0, 0.1) is 11.8 Å². The van der Waals surface area contributed by atoms with Crippen LogP contribution < -0.4 is 0 Å². The zero-order valence-corrected chi connectivity index (χ0v) is 15.7. The maximum absolute atomic E-state index is 12.2. The van der Waals surface area contributed by atoms with E-state index in [2.05, 4.69) is 0 Å². The summed E-state index contributed by atoms with van der Waals surface area (Å²) in [6.07, 6.45) is -1.02. The first-order valence-corrected chi connectivity index (χ1v) is 9.04. The van der Waals surface area contributed by atoms with E-state index in [0.717, 1.165) is 5.56 Å². The molecule has 26 heavy (non-hydrogen) atoms. The van der Waals surface area contributed by atoms with Crippen LogP contribution in [0.3, 0.4) is 0 Å². The summed E-state index contributed by atoms with van der Waals surface area (Å²) in [4.78, 5) is 12.2. The number of carbonyl (C=O) groups is 1. The molecular weight excluding hydrogens is 328 g/mol. The van der Waals surface area contributed by atoms with E-state index in [1.54, 1.807) is 24.3 Å². The predicted molar refractivity (Wildman–Crippen MR) is 102 cm³/mol. The Bertz CT molecular complexity index is 656. The van der Waals surface area contributed by atoms with Gasteiger partial charge in [-0.25, -0.2) is 4.79 Å². The van der Waals surface area contributed by atoms with E-state index in [1.165, 1.54) is 0 Å². The van der Waals surface area contributed by atoms with Crippen molar-refractivity contribution in [3.63, 3.8) is 0 Å². The minimum Gasteiger partial charge on any atom is -0.459 e. The Hall–Kier alpha value is -2.17. The summed E-state index contributed by atoms with van der Waals surface area (Å²) in [5.74, 6) is -0.630. The average molecular weight is 356 g/mol. The fourth-order valence-electron chi connectivity index (χ4n) is 2.75. The molecular formula is C22H28O4. The van der Waals surface area contributed by atoms with Crippen LogP contribution in [0.4, 0.5) is 0 Å². The summed E-state index contributed by atoms with van der Waals surface area (Å²) >= 11 is 0. The molecule has 0 bridgehead atoms. The van der Waals surface area contributed by atoms with E-state index in [1.807, 2.05) is 57.2 Å². The van der Waals surface area contributed by atoms with Gasteiger partial charge in [-0.05, 0) is 24.6 Å². The van der Waals surface area contributed by atoms with Gasteiger partial charge in [-0.15, -0.1) is 0 Å². The summed E-state index contributed by atoms with van der Waals surface area (Å²) in [6, 6.07) is 18.8. The van der Waals surface area contributed by atoms with E-state index in [4.69, 9.17) is 9.47 Å². The lowest BCUT2D eigenvalue weighted by atomic mass is 9.90. The van der Waals surface area contributed by atoms with Crippen LogP contribution in [-0.4, -0.2) is 29.9 Å². The lowest BCUT2D eigenvalue weighted by Crippen LogP contribution is -2.36. The van der Waals surface area contributed by atoms with Gasteiger partial charge in [0.05, 0.1) is 24.9 Å². The smallest absolute Gasteiger partial charge is 0.338 e. The number of hydrogen-bond donors (Lipinski definition) is 1. The number of ether oxygens (including phenoxy) is 2. The minimum absolute atomic E-state index is 0.0633. The van der Waals surface area contributed by atoms with Crippen LogP contribution in [0.15, 0.2) is 60.7 Å². The van der Waals surface area contributed by atoms with E-state index in [0.29, 0.717) is 18.8 Å². The second-order valence-electron chi connectivity index (χ2n) is 6.80. The zero-order valence-electron chi connectivity index (χ0n) is 15.7. The van der Waals surface area contributed by atoms with Crippen LogP contribution in [0.2, 0.25) is 0 Å². The van der Waals surface area contributed by atoms with E-state index in [-0.39, 0.29) is 17.8 Å². The first kappa shape index (κ1) is 20.1. The highest BCUT2D eigenvalue weighted by molar-refractivity contribution is 5.89. The van der Waals surface area contributed by atoms with Crippen molar-refractivity contribution in [1.29, 1.82) is 0 Å². The third-order valence-corrected chi connectivity index (χ3v) is 4.66. The Labute approximate surface area is 155 Å². The molecule has 0 amide bonds. The molecule has 2 rings (SSSR count). The van der Waals surface area contributed by atoms with Crippen LogP contribution >= 0.6 is 0 Å². The lowest BCUT2D eigenvalue weighted by Gasteiger charge is -2.29. The summed E-state index contributed by atoms with van der Waals surface area (Å²) < 4.78 is 11.2. The van der Waals surface area contributed by atoms with Gasteiger partial charge in [-0.3, -0.25) is 0 Å². The highest BCUT2D eigenvalue weighted by atomic mass is 16.5. The first-order valence-electron chi connectivity index (χ1n) is 9.04. The van der Waals surface area contributed by atoms with Gasteiger partial charge in [-0.1, -0.05) is 62.4 Å². The molecule has 0 aromatic heterocycles. The summed E-state index contributed by atoms with van der Waals surface area (Å²) in [7, 11) is 0. The topological polar surface area (TPSA) is 55.8 Å². The maximum atomic E-state index is 12.2. The monoisotopic (exact) mass is 356 g/mol. The van der Waals surface area contributed by atoms with Gasteiger partial charge in [0.25, 0.3) is 0 Å². The normalized spacial score (nSPS) is 15.7. The molecule has 0 saturated carbocycles. The second-order valence-corrected chi connectivity index (χ2v) is 6.80. The van der Waals surface area contributed by atoms with Crippen LogP contribution in [0.25, 0.3) is 0 Å². The van der Waals surface area contributed by atoms with Gasteiger partial charge in [0, 0.05) is 11.8 Å². The Morgan fingerprint density at radius 1 is 0.962 bits per heavy atom. The quantitative estimate of drug-likeness (QED) is 0.688. The van der Waals surface area contributed by atoms with Crippen LogP contribution in [-0.2, 0) is 16.1 Å². The van der Waals surface area contributed by atoms with E-state index in [9.17, 15) is 9.90 Å². The van der Waals surface area contributed by atoms with E-state index < -0.39 is 12.2 Å². The van der Waals surface area contributed by atoms with Crippen molar-refractivity contribution in [1.82, 2.24) is 0 Å². The molecule has 0 aliphatic carbocycles. The Kier molecular flexibility index (Phi) is 7.82. The number of aliphatic hydroxyl groups excluding tert-OH is 1. The molecule has 4 heteroatoms. The molecule has 1 N–H and O–H groups in total. The largest absolute Gasteiger partial charge is 0.459 e. The molecule has 140 valence electrons. The zero-order chi connectivity index (χ0) is 18.9. The molecule has 0 aliphatic heterocycles. The molecule has 0 radical (unpaired) electrons.